The maximum Gasteiger partial charge on any atom is 0.338 e. The quantitative estimate of drug-likeness (QED) is 0.657. The first kappa shape index (κ1) is 17.7. The fourth-order valence-corrected chi connectivity index (χ4v) is 3.38. The number of esters is 1. The third-order valence-corrected chi connectivity index (χ3v) is 4.75. The van der Waals surface area contributed by atoms with E-state index in [2.05, 4.69) is 10.6 Å². The zero-order chi connectivity index (χ0) is 17.8. The van der Waals surface area contributed by atoms with Crippen LogP contribution in [0.15, 0.2) is 35.5 Å². The number of methoxy groups -OCH3 is 1. The van der Waals surface area contributed by atoms with Gasteiger partial charge >= 0.3 is 12.0 Å². The molecule has 2 aliphatic heterocycles. The maximum absolute atomic E-state index is 12.5. The molecule has 1 aromatic carbocycles. The molecule has 3 N–H and O–H groups in total. The first-order valence-corrected chi connectivity index (χ1v) is 8.52. The van der Waals surface area contributed by atoms with E-state index in [0.29, 0.717) is 41.6 Å². The predicted molar refractivity (Wildman–Crippen MR) is 91.3 cm³/mol. The van der Waals surface area contributed by atoms with Gasteiger partial charge in [0.25, 0.3) is 0 Å². The Hall–Kier alpha value is -2.09. The van der Waals surface area contributed by atoms with Crippen molar-refractivity contribution in [2.24, 2.45) is 0 Å². The molecule has 0 saturated carbocycles. The summed E-state index contributed by atoms with van der Waals surface area (Å²) in [6.07, 6.45) is 0. The van der Waals surface area contributed by atoms with Crippen LogP contribution in [0.4, 0.5) is 4.79 Å². The van der Waals surface area contributed by atoms with Gasteiger partial charge in [-0.05, 0) is 11.6 Å². The molecule has 7 nitrogen and oxygen atoms in total. The second-order valence-electron chi connectivity index (χ2n) is 5.98. The van der Waals surface area contributed by atoms with E-state index in [-0.39, 0.29) is 6.03 Å². The fourth-order valence-electron chi connectivity index (χ4n) is 3.14. The summed E-state index contributed by atoms with van der Waals surface area (Å²) in [5.41, 5.74) is 1.61. The van der Waals surface area contributed by atoms with Crippen LogP contribution in [0.1, 0.15) is 11.6 Å². The van der Waals surface area contributed by atoms with Crippen molar-refractivity contribution in [1.82, 2.24) is 10.6 Å². The molecule has 0 aromatic heterocycles. The molecule has 3 rings (SSSR count). The molecule has 0 radical (unpaired) electrons. The average Bonchev–Trinajstić information content (AvgIpc) is 2.62. The molecule has 2 heterocycles. The number of quaternary nitrogens is 1. The number of hydrogen-bond acceptors (Lipinski definition) is 4. The number of morpholine rings is 1. The van der Waals surface area contributed by atoms with Gasteiger partial charge in [0, 0.05) is 5.02 Å². The molecule has 25 heavy (non-hydrogen) atoms. The highest BCUT2D eigenvalue weighted by atomic mass is 35.5. The van der Waals surface area contributed by atoms with Crippen LogP contribution in [0, 0.1) is 0 Å². The number of ether oxygens (including phenoxy) is 2. The molecule has 134 valence electrons. The second-order valence-corrected chi connectivity index (χ2v) is 6.38. The van der Waals surface area contributed by atoms with Gasteiger partial charge in [0.15, 0.2) is 0 Å². The topological polar surface area (TPSA) is 81.1 Å². The summed E-state index contributed by atoms with van der Waals surface area (Å²) in [5, 5.41) is 6.03. The number of benzene rings is 1. The van der Waals surface area contributed by atoms with Gasteiger partial charge in [-0.15, -0.1) is 0 Å². The van der Waals surface area contributed by atoms with Crippen molar-refractivity contribution in [1.29, 1.82) is 0 Å². The number of urea groups is 1. The zero-order valence-electron chi connectivity index (χ0n) is 13.9. The van der Waals surface area contributed by atoms with Crippen molar-refractivity contribution in [2.45, 2.75) is 6.04 Å². The number of rotatable bonds is 4. The molecular formula is C17H21ClN3O4+. The van der Waals surface area contributed by atoms with Crippen LogP contribution in [-0.4, -0.2) is 52.0 Å². The summed E-state index contributed by atoms with van der Waals surface area (Å²) >= 11 is 6.29. The Balaban J connectivity index is 2.00. The fraction of sp³-hybridized carbons (Fsp3) is 0.412. The van der Waals surface area contributed by atoms with E-state index in [0.717, 1.165) is 13.1 Å². The second kappa shape index (κ2) is 7.86. The standard InChI is InChI=1S/C17H20ClN3O4/c1-24-16(22)14-13(10-21-6-8-25-9-7-21)19-17(23)20-15(14)11-4-2-3-5-12(11)18/h2-5,15H,6-10H2,1H3,(H2,19,20,23)/p+1/t15-/m1/s1. The smallest absolute Gasteiger partial charge is 0.338 e. The third kappa shape index (κ3) is 3.95. The van der Waals surface area contributed by atoms with Gasteiger partial charge < -0.3 is 25.0 Å². The summed E-state index contributed by atoms with van der Waals surface area (Å²) in [6.45, 7) is 3.48. The molecule has 2 amide bonds. The van der Waals surface area contributed by atoms with Gasteiger partial charge in [0.05, 0.1) is 37.6 Å². The SMILES string of the molecule is COC(=O)C1=C(C[NH+]2CCOCC2)NC(=O)N[C@@H]1c1ccccc1Cl. The van der Waals surface area contributed by atoms with E-state index in [4.69, 9.17) is 21.1 Å². The number of amides is 2. The van der Waals surface area contributed by atoms with Crippen LogP contribution < -0.4 is 15.5 Å². The van der Waals surface area contributed by atoms with E-state index >= 15 is 0 Å². The molecule has 0 unspecified atom stereocenters. The van der Waals surface area contributed by atoms with Crippen LogP contribution in [0.5, 0.6) is 0 Å². The highest BCUT2D eigenvalue weighted by Gasteiger charge is 2.36. The van der Waals surface area contributed by atoms with Crippen LogP contribution in [0.3, 0.4) is 0 Å². The number of halogens is 1. The monoisotopic (exact) mass is 366 g/mol. The van der Waals surface area contributed by atoms with Gasteiger partial charge in [0.1, 0.15) is 19.6 Å². The Labute approximate surface area is 150 Å². The molecule has 2 aliphatic rings. The van der Waals surface area contributed by atoms with Crippen LogP contribution >= 0.6 is 11.6 Å². The summed E-state index contributed by atoms with van der Waals surface area (Å²) in [5.74, 6) is -0.486. The molecule has 1 aromatic rings. The van der Waals surface area contributed by atoms with Gasteiger partial charge in [-0.2, -0.15) is 0 Å². The van der Waals surface area contributed by atoms with Crippen LogP contribution in [0.2, 0.25) is 5.02 Å². The van der Waals surface area contributed by atoms with Crippen molar-refractivity contribution >= 4 is 23.6 Å². The van der Waals surface area contributed by atoms with Crippen molar-refractivity contribution in [3.8, 4) is 0 Å². The van der Waals surface area contributed by atoms with Crippen LogP contribution in [-0.2, 0) is 14.3 Å². The molecule has 8 heteroatoms. The lowest BCUT2D eigenvalue weighted by Gasteiger charge is -2.31. The summed E-state index contributed by atoms with van der Waals surface area (Å²) in [6, 6.07) is 6.13. The molecule has 1 atom stereocenters. The van der Waals surface area contributed by atoms with E-state index in [9.17, 15) is 9.59 Å². The van der Waals surface area contributed by atoms with Crippen molar-refractivity contribution < 1.29 is 24.0 Å². The van der Waals surface area contributed by atoms with Crippen molar-refractivity contribution in [2.75, 3.05) is 40.0 Å². The Morgan fingerprint density at radius 3 is 2.76 bits per heavy atom. The predicted octanol–water partition coefficient (Wildman–Crippen LogP) is 0.0361. The highest BCUT2D eigenvalue weighted by Crippen LogP contribution is 2.31. The molecule has 0 bridgehead atoms. The number of carbonyl (C=O) groups is 2. The summed E-state index contributed by atoms with van der Waals surface area (Å²) in [4.78, 5) is 25.9. The van der Waals surface area contributed by atoms with E-state index < -0.39 is 12.0 Å². The van der Waals surface area contributed by atoms with Gasteiger partial charge in [-0.3, -0.25) is 0 Å². The first-order valence-electron chi connectivity index (χ1n) is 8.14. The number of carbonyl (C=O) groups excluding carboxylic acids is 2. The van der Waals surface area contributed by atoms with Crippen molar-refractivity contribution in [3.63, 3.8) is 0 Å². The molecule has 1 fully saturated rings. The van der Waals surface area contributed by atoms with E-state index in [1.54, 1.807) is 18.2 Å². The normalized spacial score (nSPS) is 21.5. The van der Waals surface area contributed by atoms with E-state index in [1.807, 2.05) is 6.07 Å². The Morgan fingerprint density at radius 2 is 2.08 bits per heavy atom. The Morgan fingerprint density at radius 1 is 1.36 bits per heavy atom. The minimum Gasteiger partial charge on any atom is -0.466 e. The largest absolute Gasteiger partial charge is 0.466 e. The molecule has 0 aliphatic carbocycles. The average molecular weight is 367 g/mol. The third-order valence-electron chi connectivity index (χ3n) is 4.40. The Kier molecular flexibility index (Phi) is 5.57. The summed E-state index contributed by atoms with van der Waals surface area (Å²) < 4.78 is 10.3. The molecule has 1 saturated heterocycles. The lowest BCUT2D eigenvalue weighted by Crippen LogP contribution is -3.14. The zero-order valence-corrected chi connectivity index (χ0v) is 14.7. The number of nitrogens with one attached hydrogen (secondary N) is 3. The minimum atomic E-state index is -0.648. The molecular weight excluding hydrogens is 346 g/mol. The van der Waals surface area contributed by atoms with Crippen LogP contribution in [0.25, 0.3) is 0 Å². The summed E-state index contributed by atoms with van der Waals surface area (Å²) in [7, 11) is 1.33. The maximum atomic E-state index is 12.5. The molecule has 0 spiro atoms. The van der Waals surface area contributed by atoms with Gasteiger partial charge in [0.2, 0.25) is 0 Å². The minimum absolute atomic E-state index is 0.361. The van der Waals surface area contributed by atoms with Crippen molar-refractivity contribution in [3.05, 3.63) is 46.1 Å². The van der Waals surface area contributed by atoms with Gasteiger partial charge in [-0.25, -0.2) is 9.59 Å². The van der Waals surface area contributed by atoms with Gasteiger partial charge in [-0.1, -0.05) is 29.8 Å². The first-order chi connectivity index (χ1) is 12.1. The Bertz CT molecular complexity index is 701. The lowest BCUT2D eigenvalue weighted by molar-refractivity contribution is -0.903. The van der Waals surface area contributed by atoms with E-state index in [1.165, 1.54) is 12.0 Å². The highest BCUT2D eigenvalue weighted by molar-refractivity contribution is 6.31. The lowest BCUT2D eigenvalue weighted by atomic mass is 9.95. The number of hydrogen-bond donors (Lipinski definition) is 3.